The van der Waals surface area contributed by atoms with E-state index in [1.165, 1.54) is 9.80 Å². The minimum absolute atomic E-state index is 0.0977. The summed E-state index contributed by atoms with van der Waals surface area (Å²) in [6, 6.07) is 0. The van der Waals surface area contributed by atoms with E-state index in [9.17, 15) is 9.59 Å². The SMILES string of the molecule is CCCN(CCO)C(=O)CC(=O)N(CCO)CCO. The predicted molar refractivity (Wildman–Crippen MR) is 69.3 cm³/mol. The molecule has 3 N–H and O–H groups in total. The normalized spacial score (nSPS) is 10.3. The van der Waals surface area contributed by atoms with Gasteiger partial charge in [-0.3, -0.25) is 9.59 Å². The van der Waals surface area contributed by atoms with Gasteiger partial charge in [-0.1, -0.05) is 6.92 Å². The summed E-state index contributed by atoms with van der Waals surface area (Å²) < 4.78 is 0. The van der Waals surface area contributed by atoms with Crippen LogP contribution in [-0.4, -0.2) is 82.9 Å². The third kappa shape index (κ3) is 7.09. The number of amides is 2. The van der Waals surface area contributed by atoms with Gasteiger partial charge in [0.05, 0.1) is 19.8 Å². The number of hydrogen-bond donors (Lipinski definition) is 3. The van der Waals surface area contributed by atoms with Gasteiger partial charge in [0.25, 0.3) is 0 Å². The van der Waals surface area contributed by atoms with Crippen LogP contribution in [0.1, 0.15) is 19.8 Å². The van der Waals surface area contributed by atoms with Gasteiger partial charge in [-0.25, -0.2) is 0 Å². The van der Waals surface area contributed by atoms with Crippen LogP contribution < -0.4 is 0 Å². The first-order valence-corrected chi connectivity index (χ1v) is 6.48. The molecule has 0 fully saturated rings. The highest BCUT2D eigenvalue weighted by Crippen LogP contribution is 2.01. The second-order valence-electron chi connectivity index (χ2n) is 4.11. The summed E-state index contributed by atoms with van der Waals surface area (Å²) >= 11 is 0. The molecule has 0 aromatic carbocycles. The van der Waals surface area contributed by atoms with Gasteiger partial charge in [-0.05, 0) is 6.42 Å². The van der Waals surface area contributed by atoms with Gasteiger partial charge in [0.2, 0.25) is 11.8 Å². The molecule has 2 amide bonds. The quantitative estimate of drug-likeness (QED) is 0.418. The Kier molecular flexibility index (Phi) is 10.1. The highest BCUT2D eigenvalue weighted by Gasteiger charge is 2.20. The molecule has 0 aromatic heterocycles. The molecule has 0 unspecified atom stereocenters. The van der Waals surface area contributed by atoms with Crippen LogP contribution in [0, 0.1) is 0 Å². The molecule has 0 heterocycles. The van der Waals surface area contributed by atoms with E-state index in [4.69, 9.17) is 15.3 Å². The first kappa shape index (κ1) is 17.8. The van der Waals surface area contributed by atoms with E-state index in [-0.39, 0.29) is 51.8 Å². The molecule has 0 saturated carbocycles. The lowest BCUT2D eigenvalue weighted by Gasteiger charge is -2.24. The van der Waals surface area contributed by atoms with Gasteiger partial charge in [0.1, 0.15) is 6.42 Å². The summed E-state index contributed by atoms with van der Waals surface area (Å²) in [6.45, 7) is 2.23. The minimum atomic E-state index is -0.424. The number of nitrogens with zero attached hydrogens (tertiary/aromatic N) is 2. The number of rotatable bonds is 10. The Hall–Kier alpha value is -1.18. The van der Waals surface area contributed by atoms with Crippen molar-refractivity contribution in [1.82, 2.24) is 9.80 Å². The molecule has 0 aromatic rings. The summed E-state index contributed by atoms with van der Waals surface area (Å²) in [6.07, 6.45) is 0.441. The van der Waals surface area contributed by atoms with Gasteiger partial charge in [0, 0.05) is 26.2 Å². The van der Waals surface area contributed by atoms with Crippen molar-refractivity contribution >= 4 is 11.8 Å². The molecule has 0 atom stereocenters. The fraction of sp³-hybridized carbons (Fsp3) is 0.833. The fourth-order valence-corrected chi connectivity index (χ4v) is 1.71. The molecule has 0 aliphatic carbocycles. The lowest BCUT2D eigenvalue weighted by Crippen LogP contribution is -2.41. The van der Waals surface area contributed by atoms with Crippen LogP contribution >= 0.6 is 0 Å². The van der Waals surface area contributed by atoms with Gasteiger partial charge in [0.15, 0.2) is 0 Å². The van der Waals surface area contributed by atoms with Crippen molar-refractivity contribution in [1.29, 1.82) is 0 Å². The Balaban J connectivity index is 4.43. The van der Waals surface area contributed by atoms with Gasteiger partial charge >= 0.3 is 0 Å². The van der Waals surface area contributed by atoms with E-state index in [1.807, 2.05) is 6.92 Å². The molecule has 0 rings (SSSR count). The summed E-state index contributed by atoms with van der Waals surface area (Å²) in [7, 11) is 0. The Morgan fingerprint density at radius 1 is 0.789 bits per heavy atom. The predicted octanol–water partition coefficient (Wildman–Crippen LogP) is -1.58. The lowest BCUT2D eigenvalue weighted by molar-refractivity contribution is -0.141. The molecule has 19 heavy (non-hydrogen) atoms. The number of carbonyl (C=O) groups is 2. The number of carbonyl (C=O) groups excluding carboxylic acids is 2. The highest BCUT2D eigenvalue weighted by atomic mass is 16.3. The van der Waals surface area contributed by atoms with Crippen molar-refractivity contribution in [2.45, 2.75) is 19.8 Å². The van der Waals surface area contributed by atoms with Crippen LogP contribution in [0.5, 0.6) is 0 Å². The van der Waals surface area contributed by atoms with Crippen molar-refractivity contribution in [3.05, 3.63) is 0 Å². The van der Waals surface area contributed by atoms with Crippen LogP contribution in [-0.2, 0) is 9.59 Å². The summed E-state index contributed by atoms with van der Waals surface area (Å²) in [4.78, 5) is 26.4. The average Bonchev–Trinajstić information content (AvgIpc) is 2.38. The van der Waals surface area contributed by atoms with E-state index in [2.05, 4.69) is 0 Å². The van der Waals surface area contributed by atoms with E-state index in [1.54, 1.807) is 0 Å². The molecule has 0 radical (unpaired) electrons. The molecule has 0 aliphatic heterocycles. The molecule has 0 saturated heterocycles. The molecule has 7 heteroatoms. The fourth-order valence-electron chi connectivity index (χ4n) is 1.71. The number of aliphatic hydroxyl groups is 3. The van der Waals surface area contributed by atoms with Crippen molar-refractivity contribution < 1.29 is 24.9 Å². The Morgan fingerprint density at radius 3 is 1.47 bits per heavy atom. The highest BCUT2D eigenvalue weighted by molar-refractivity contribution is 5.96. The standard InChI is InChI=1S/C12H24N2O5/c1-2-3-13(4-7-15)11(18)10-12(19)14(5-8-16)6-9-17/h15-17H,2-10H2,1H3. The third-order valence-electron chi connectivity index (χ3n) is 2.61. The monoisotopic (exact) mass is 276 g/mol. The maximum atomic E-state index is 11.9. The van der Waals surface area contributed by atoms with E-state index in [0.29, 0.717) is 6.54 Å². The Bertz CT molecular complexity index is 235. The molecule has 7 nitrogen and oxygen atoms in total. The van der Waals surface area contributed by atoms with Gasteiger partial charge in [-0.2, -0.15) is 0 Å². The zero-order valence-corrected chi connectivity index (χ0v) is 11.4. The molecule has 0 bridgehead atoms. The van der Waals surface area contributed by atoms with Gasteiger partial charge < -0.3 is 25.1 Å². The number of aliphatic hydroxyl groups excluding tert-OH is 3. The molecule has 112 valence electrons. The van der Waals surface area contributed by atoms with Crippen LogP contribution in [0.4, 0.5) is 0 Å². The zero-order chi connectivity index (χ0) is 14.7. The minimum Gasteiger partial charge on any atom is -0.395 e. The summed E-state index contributed by atoms with van der Waals surface area (Å²) in [5.74, 6) is -0.770. The average molecular weight is 276 g/mol. The lowest BCUT2D eigenvalue weighted by atomic mass is 10.3. The second kappa shape index (κ2) is 10.7. The zero-order valence-electron chi connectivity index (χ0n) is 11.4. The summed E-state index contributed by atoms with van der Waals surface area (Å²) in [5, 5.41) is 26.5. The van der Waals surface area contributed by atoms with Crippen LogP contribution in [0.15, 0.2) is 0 Å². The van der Waals surface area contributed by atoms with Crippen molar-refractivity contribution in [3.63, 3.8) is 0 Å². The van der Waals surface area contributed by atoms with Crippen LogP contribution in [0.2, 0.25) is 0 Å². The van der Waals surface area contributed by atoms with Crippen LogP contribution in [0.3, 0.4) is 0 Å². The first-order valence-electron chi connectivity index (χ1n) is 6.48. The molecule has 0 spiro atoms. The van der Waals surface area contributed by atoms with E-state index in [0.717, 1.165) is 6.42 Å². The molecular formula is C12H24N2O5. The third-order valence-corrected chi connectivity index (χ3v) is 2.61. The van der Waals surface area contributed by atoms with Crippen molar-refractivity contribution in [2.24, 2.45) is 0 Å². The second-order valence-corrected chi connectivity index (χ2v) is 4.11. The molecule has 0 aliphatic rings. The maximum Gasteiger partial charge on any atom is 0.232 e. The van der Waals surface area contributed by atoms with Crippen LogP contribution in [0.25, 0.3) is 0 Å². The van der Waals surface area contributed by atoms with Crippen molar-refractivity contribution in [2.75, 3.05) is 46.0 Å². The largest absolute Gasteiger partial charge is 0.395 e. The van der Waals surface area contributed by atoms with E-state index < -0.39 is 5.91 Å². The smallest absolute Gasteiger partial charge is 0.232 e. The van der Waals surface area contributed by atoms with Gasteiger partial charge in [-0.15, -0.1) is 0 Å². The van der Waals surface area contributed by atoms with E-state index >= 15 is 0 Å². The number of hydrogen-bond acceptors (Lipinski definition) is 5. The maximum absolute atomic E-state index is 11.9. The molecular weight excluding hydrogens is 252 g/mol. The first-order chi connectivity index (χ1) is 9.10. The Morgan fingerprint density at radius 2 is 1.16 bits per heavy atom. The summed E-state index contributed by atoms with van der Waals surface area (Å²) in [5.41, 5.74) is 0. The Labute approximate surface area is 113 Å². The van der Waals surface area contributed by atoms with Crippen molar-refractivity contribution in [3.8, 4) is 0 Å². The topological polar surface area (TPSA) is 101 Å².